The highest BCUT2D eigenvalue weighted by Gasteiger charge is 2.16. The van der Waals surface area contributed by atoms with Crippen LogP contribution in [0.1, 0.15) is 19.8 Å². The molecule has 2 aromatic carbocycles. The molecule has 140 valence electrons. The standard InChI is InChI=1S/C20H20ClN3O2S/c1-14(25)4-3-13-27-20-23-22-19(15-5-11-18(26-2)12-6-15)24(20)17-9-7-16(21)8-10-17/h5-12H,3-4,13H2,1-2H3. The molecule has 3 aromatic rings. The Labute approximate surface area is 167 Å². The van der Waals surface area contributed by atoms with Crippen molar-refractivity contribution in [3.8, 4) is 22.8 Å². The first kappa shape index (κ1) is 19.5. The van der Waals surface area contributed by atoms with Gasteiger partial charge in [0.2, 0.25) is 0 Å². The van der Waals surface area contributed by atoms with Crippen molar-refractivity contribution in [1.82, 2.24) is 14.8 Å². The average Bonchev–Trinajstić information content (AvgIpc) is 3.09. The number of hydrogen-bond acceptors (Lipinski definition) is 5. The summed E-state index contributed by atoms with van der Waals surface area (Å²) in [5.41, 5.74) is 1.87. The van der Waals surface area contributed by atoms with E-state index in [1.165, 1.54) is 0 Å². The zero-order valence-electron chi connectivity index (χ0n) is 15.2. The Kier molecular flexibility index (Phi) is 6.53. The normalized spacial score (nSPS) is 10.8. The van der Waals surface area contributed by atoms with Crippen molar-refractivity contribution in [1.29, 1.82) is 0 Å². The largest absolute Gasteiger partial charge is 0.497 e. The number of Topliss-reactive ketones (excluding diaryl/α,β-unsaturated/α-hetero) is 1. The van der Waals surface area contributed by atoms with Crippen LogP contribution in [0.5, 0.6) is 5.75 Å². The number of rotatable bonds is 8. The summed E-state index contributed by atoms with van der Waals surface area (Å²) in [6, 6.07) is 15.3. The lowest BCUT2D eigenvalue weighted by atomic mass is 10.2. The molecular weight excluding hydrogens is 382 g/mol. The Morgan fingerprint density at radius 1 is 1.11 bits per heavy atom. The maximum atomic E-state index is 11.2. The lowest BCUT2D eigenvalue weighted by Crippen LogP contribution is -2.00. The van der Waals surface area contributed by atoms with E-state index in [1.807, 2.05) is 53.1 Å². The second-order valence-corrected chi connectivity index (χ2v) is 7.50. The Morgan fingerprint density at radius 3 is 2.44 bits per heavy atom. The number of carbonyl (C=O) groups is 1. The summed E-state index contributed by atoms with van der Waals surface area (Å²) in [6.07, 6.45) is 1.39. The van der Waals surface area contributed by atoms with Crippen LogP contribution in [0.3, 0.4) is 0 Å². The van der Waals surface area contributed by atoms with Gasteiger partial charge in [-0.1, -0.05) is 23.4 Å². The number of aromatic nitrogens is 3. The van der Waals surface area contributed by atoms with Gasteiger partial charge in [-0.2, -0.15) is 0 Å². The summed E-state index contributed by atoms with van der Waals surface area (Å²) in [5.74, 6) is 2.53. The molecule has 7 heteroatoms. The van der Waals surface area contributed by atoms with E-state index in [0.29, 0.717) is 11.4 Å². The molecule has 0 saturated carbocycles. The van der Waals surface area contributed by atoms with E-state index < -0.39 is 0 Å². The minimum absolute atomic E-state index is 0.202. The van der Waals surface area contributed by atoms with Crippen molar-refractivity contribution in [3.63, 3.8) is 0 Å². The number of halogens is 1. The molecule has 0 aliphatic heterocycles. The number of ketones is 1. The Morgan fingerprint density at radius 2 is 1.81 bits per heavy atom. The van der Waals surface area contributed by atoms with Crippen LogP contribution in [0.4, 0.5) is 0 Å². The molecule has 0 fully saturated rings. The third kappa shape index (κ3) is 4.90. The lowest BCUT2D eigenvalue weighted by Gasteiger charge is -2.11. The minimum Gasteiger partial charge on any atom is -0.497 e. The smallest absolute Gasteiger partial charge is 0.196 e. The first-order valence-corrected chi connectivity index (χ1v) is 9.93. The fraction of sp³-hybridized carbons (Fsp3) is 0.250. The van der Waals surface area contributed by atoms with Gasteiger partial charge >= 0.3 is 0 Å². The highest BCUT2D eigenvalue weighted by Crippen LogP contribution is 2.30. The van der Waals surface area contributed by atoms with Gasteiger partial charge in [-0.25, -0.2) is 0 Å². The molecule has 1 heterocycles. The van der Waals surface area contributed by atoms with Gasteiger partial charge in [-0.15, -0.1) is 10.2 Å². The summed E-state index contributed by atoms with van der Waals surface area (Å²) >= 11 is 7.63. The lowest BCUT2D eigenvalue weighted by molar-refractivity contribution is -0.117. The van der Waals surface area contributed by atoms with E-state index in [0.717, 1.165) is 40.2 Å². The average molecular weight is 402 g/mol. The second kappa shape index (κ2) is 9.06. The zero-order chi connectivity index (χ0) is 19.2. The molecule has 1 aromatic heterocycles. The molecule has 0 atom stereocenters. The van der Waals surface area contributed by atoms with Gasteiger partial charge in [0, 0.05) is 28.4 Å². The van der Waals surface area contributed by atoms with Crippen LogP contribution < -0.4 is 4.74 Å². The number of benzene rings is 2. The van der Waals surface area contributed by atoms with Gasteiger partial charge in [0.05, 0.1) is 7.11 Å². The number of nitrogens with zero attached hydrogens (tertiary/aromatic N) is 3. The van der Waals surface area contributed by atoms with Crippen molar-refractivity contribution in [3.05, 3.63) is 53.6 Å². The van der Waals surface area contributed by atoms with Gasteiger partial charge in [-0.3, -0.25) is 4.57 Å². The molecule has 0 saturated heterocycles. The van der Waals surface area contributed by atoms with Gasteiger partial charge in [0.25, 0.3) is 0 Å². The predicted octanol–water partition coefficient (Wildman–Crippen LogP) is 5.06. The van der Waals surface area contributed by atoms with E-state index in [1.54, 1.807) is 25.8 Å². The quantitative estimate of drug-likeness (QED) is 0.390. The van der Waals surface area contributed by atoms with E-state index >= 15 is 0 Å². The Hall–Kier alpha value is -2.31. The summed E-state index contributed by atoms with van der Waals surface area (Å²) < 4.78 is 7.24. The summed E-state index contributed by atoms with van der Waals surface area (Å²) in [7, 11) is 1.64. The first-order chi connectivity index (χ1) is 13.1. The SMILES string of the molecule is COc1ccc(-c2nnc(SCCCC(C)=O)n2-c2ccc(Cl)cc2)cc1. The molecule has 0 aliphatic rings. The third-order valence-corrected chi connectivity index (χ3v) is 5.24. The van der Waals surface area contributed by atoms with Crippen LogP contribution in [-0.2, 0) is 4.79 Å². The highest BCUT2D eigenvalue weighted by molar-refractivity contribution is 7.99. The third-order valence-electron chi connectivity index (χ3n) is 3.97. The molecule has 5 nitrogen and oxygen atoms in total. The van der Waals surface area contributed by atoms with Crippen molar-refractivity contribution in [2.45, 2.75) is 24.9 Å². The number of thioether (sulfide) groups is 1. The molecular formula is C20H20ClN3O2S. The number of hydrogen-bond donors (Lipinski definition) is 0. The van der Waals surface area contributed by atoms with Gasteiger partial charge in [0.15, 0.2) is 11.0 Å². The molecule has 0 radical (unpaired) electrons. The van der Waals surface area contributed by atoms with E-state index in [2.05, 4.69) is 10.2 Å². The van der Waals surface area contributed by atoms with Crippen LogP contribution >= 0.6 is 23.4 Å². The van der Waals surface area contributed by atoms with E-state index in [-0.39, 0.29) is 5.78 Å². The van der Waals surface area contributed by atoms with Gasteiger partial charge in [0.1, 0.15) is 11.5 Å². The fourth-order valence-corrected chi connectivity index (χ4v) is 3.61. The molecule has 0 aliphatic carbocycles. The number of ether oxygens (including phenoxy) is 1. The molecule has 3 rings (SSSR count). The second-order valence-electron chi connectivity index (χ2n) is 6.00. The maximum absolute atomic E-state index is 11.2. The topological polar surface area (TPSA) is 57.0 Å². The van der Waals surface area contributed by atoms with E-state index in [4.69, 9.17) is 16.3 Å². The van der Waals surface area contributed by atoms with Crippen LogP contribution in [0.15, 0.2) is 53.7 Å². The molecule has 0 amide bonds. The fourth-order valence-electron chi connectivity index (χ4n) is 2.60. The molecule has 0 N–H and O–H groups in total. The Bertz CT molecular complexity index is 908. The zero-order valence-corrected chi connectivity index (χ0v) is 16.8. The molecule has 0 spiro atoms. The monoisotopic (exact) mass is 401 g/mol. The van der Waals surface area contributed by atoms with Crippen LogP contribution in [0.25, 0.3) is 17.1 Å². The van der Waals surface area contributed by atoms with Crippen molar-refractivity contribution < 1.29 is 9.53 Å². The summed E-state index contributed by atoms with van der Waals surface area (Å²) in [6.45, 7) is 1.61. The maximum Gasteiger partial charge on any atom is 0.196 e. The minimum atomic E-state index is 0.202. The van der Waals surface area contributed by atoms with Crippen molar-refractivity contribution >= 4 is 29.1 Å². The summed E-state index contributed by atoms with van der Waals surface area (Å²) in [4.78, 5) is 11.2. The van der Waals surface area contributed by atoms with Crippen molar-refractivity contribution in [2.24, 2.45) is 0 Å². The first-order valence-electron chi connectivity index (χ1n) is 8.56. The number of carbonyl (C=O) groups excluding carboxylic acids is 1. The van der Waals surface area contributed by atoms with Crippen molar-refractivity contribution in [2.75, 3.05) is 12.9 Å². The highest BCUT2D eigenvalue weighted by atomic mass is 35.5. The van der Waals surface area contributed by atoms with Gasteiger partial charge in [-0.05, 0) is 61.9 Å². The van der Waals surface area contributed by atoms with Gasteiger partial charge < -0.3 is 9.53 Å². The van der Waals surface area contributed by atoms with Crippen LogP contribution in [0, 0.1) is 0 Å². The Balaban J connectivity index is 1.94. The number of methoxy groups -OCH3 is 1. The van der Waals surface area contributed by atoms with E-state index in [9.17, 15) is 4.79 Å². The molecule has 27 heavy (non-hydrogen) atoms. The van der Waals surface area contributed by atoms with Crippen LogP contribution in [0.2, 0.25) is 5.02 Å². The summed E-state index contributed by atoms with van der Waals surface area (Å²) in [5, 5.41) is 10.2. The molecule has 0 bridgehead atoms. The molecule has 0 unspecified atom stereocenters. The predicted molar refractivity (Wildman–Crippen MR) is 109 cm³/mol. The van der Waals surface area contributed by atoms with Crippen LogP contribution in [-0.4, -0.2) is 33.4 Å².